The molecule has 19 heavy (non-hydrogen) atoms. The zero-order valence-corrected chi connectivity index (χ0v) is 12.2. The summed E-state index contributed by atoms with van der Waals surface area (Å²) >= 11 is 0. The van der Waals surface area contributed by atoms with Gasteiger partial charge in [-0.25, -0.2) is 8.42 Å². The van der Waals surface area contributed by atoms with Gasteiger partial charge in [0, 0.05) is 19.0 Å². The van der Waals surface area contributed by atoms with Gasteiger partial charge in [-0.1, -0.05) is 6.92 Å². The highest BCUT2D eigenvalue weighted by Gasteiger charge is 2.35. The van der Waals surface area contributed by atoms with Crippen molar-refractivity contribution < 1.29 is 18.3 Å². The van der Waals surface area contributed by atoms with Crippen LogP contribution in [0.2, 0.25) is 0 Å². The van der Waals surface area contributed by atoms with Gasteiger partial charge in [-0.15, -0.1) is 0 Å². The fourth-order valence-electron chi connectivity index (χ4n) is 3.34. The third-order valence-electron chi connectivity index (χ3n) is 4.52. The maximum atomic E-state index is 11.5. The van der Waals surface area contributed by atoms with Crippen molar-refractivity contribution in [1.29, 1.82) is 0 Å². The van der Waals surface area contributed by atoms with Crippen LogP contribution in [0.15, 0.2) is 0 Å². The third-order valence-corrected chi connectivity index (χ3v) is 6.27. The first-order chi connectivity index (χ1) is 8.87. The van der Waals surface area contributed by atoms with Gasteiger partial charge in [-0.2, -0.15) is 0 Å². The number of hydrogen-bond acceptors (Lipinski definition) is 4. The lowest BCUT2D eigenvalue weighted by atomic mass is 9.84. The molecule has 110 valence electrons. The second-order valence-electron chi connectivity index (χ2n) is 6.03. The van der Waals surface area contributed by atoms with Gasteiger partial charge in [0.15, 0.2) is 9.84 Å². The van der Waals surface area contributed by atoms with Crippen LogP contribution in [0, 0.1) is 11.8 Å². The van der Waals surface area contributed by atoms with Crippen molar-refractivity contribution in [3.8, 4) is 0 Å². The third kappa shape index (κ3) is 3.92. The predicted molar refractivity (Wildman–Crippen MR) is 72.8 cm³/mol. The zero-order chi connectivity index (χ0) is 14.0. The number of likely N-dealkylation sites (tertiary alicyclic amines) is 1. The fourth-order valence-corrected chi connectivity index (χ4v) is 5.10. The first kappa shape index (κ1) is 14.8. The van der Waals surface area contributed by atoms with Gasteiger partial charge < -0.3 is 5.11 Å². The van der Waals surface area contributed by atoms with Crippen LogP contribution in [0.25, 0.3) is 0 Å². The summed E-state index contributed by atoms with van der Waals surface area (Å²) in [6.07, 6.45) is 3.05. The van der Waals surface area contributed by atoms with Gasteiger partial charge in [-0.3, -0.25) is 9.69 Å². The van der Waals surface area contributed by atoms with E-state index in [0.717, 1.165) is 32.4 Å². The van der Waals surface area contributed by atoms with Crippen LogP contribution in [0.4, 0.5) is 0 Å². The second kappa shape index (κ2) is 5.79. The Morgan fingerprint density at radius 2 is 2.16 bits per heavy atom. The van der Waals surface area contributed by atoms with E-state index < -0.39 is 15.8 Å². The van der Waals surface area contributed by atoms with Gasteiger partial charge in [0.25, 0.3) is 0 Å². The Labute approximate surface area is 114 Å². The van der Waals surface area contributed by atoms with Gasteiger partial charge in [0.05, 0.1) is 11.5 Å². The van der Waals surface area contributed by atoms with Crippen LogP contribution < -0.4 is 0 Å². The molecule has 0 aromatic heterocycles. The maximum absolute atomic E-state index is 11.5. The first-order valence-corrected chi connectivity index (χ1v) is 8.86. The summed E-state index contributed by atoms with van der Waals surface area (Å²) in [5.41, 5.74) is 0. The summed E-state index contributed by atoms with van der Waals surface area (Å²) in [5.74, 6) is 0.399. The molecule has 5 nitrogen and oxygen atoms in total. The highest BCUT2D eigenvalue weighted by molar-refractivity contribution is 7.91. The van der Waals surface area contributed by atoms with Crippen LogP contribution in [0.3, 0.4) is 0 Å². The normalized spacial score (nSPS) is 33.1. The van der Waals surface area contributed by atoms with E-state index in [0.29, 0.717) is 11.7 Å². The number of piperidine rings is 1. The maximum Gasteiger partial charge on any atom is 0.303 e. The molecule has 3 unspecified atom stereocenters. The Kier molecular flexibility index (Phi) is 4.50. The average molecular weight is 289 g/mol. The van der Waals surface area contributed by atoms with E-state index in [9.17, 15) is 13.2 Å². The Morgan fingerprint density at radius 3 is 2.74 bits per heavy atom. The first-order valence-electron chi connectivity index (χ1n) is 7.03. The number of nitrogens with zero attached hydrogens (tertiary/aromatic N) is 1. The van der Waals surface area contributed by atoms with Crippen LogP contribution >= 0.6 is 0 Å². The molecule has 2 aliphatic heterocycles. The minimum atomic E-state index is -2.84. The van der Waals surface area contributed by atoms with E-state index >= 15 is 0 Å². The van der Waals surface area contributed by atoms with Crippen LogP contribution in [0.5, 0.6) is 0 Å². The van der Waals surface area contributed by atoms with E-state index in [1.165, 1.54) is 0 Å². The fraction of sp³-hybridized carbons (Fsp3) is 0.923. The number of rotatable bonds is 4. The summed E-state index contributed by atoms with van der Waals surface area (Å²) in [6.45, 7) is 3.80. The summed E-state index contributed by atoms with van der Waals surface area (Å²) in [7, 11) is -2.84. The summed E-state index contributed by atoms with van der Waals surface area (Å²) in [6, 6.07) is 0.157. The van der Waals surface area contributed by atoms with E-state index in [2.05, 4.69) is 4.90 Å². The number of hydrogen-bond donors (Lipinski definition) is 1. The highest BCUT2D eigenvalue weighted by atomic mass is 32.2. The Morgan fingerprint density at radius 1 is 1.42 bits per heavy atom. The molecule has 2 rings (SSSR count). The smallest absolute Gasteiger partial charge is 0.303 e. The summed E-state index contributed by atoms with van der Waals surface area (Å²) < 4.78 is 23.1. The van der Waals surface area contributed by atoms with Crippen molar-refractivity contribution in [3.63, 3.8) is 0 Å². The molecule has 0 aromatic carbocycles. The van der Waals surface area contributed by atoms with Crippen LogP contribution in [-0.4, -0.2) is 55.0 Å². The molecule has 2 aliphatic rings. The van der Waals surface area contributed by atoms with Crippen molar-refractivity contribution in [3.05, 3.63) is 0 Å². The molecule has 3 atom stereocenters. The van der Waals surface area contributed by atoms with Crippen LogP contribution in [-0.2, 0) is 14.6 Å². The Hall–Kier alpha value is -0.620. The zero-order valence-electron chi connectivity index (χ0n) is 11.4. The average Bonchev–Trinajstić information content (AvgIpc) is 2.69. The van der Waals surface area contributed by atoms with Crippen molar-refractivity contribution in [2.75, 3.05) is 24.6 Å². The monoisotopic (exact) mass is 289 g/mol. The molecule has 2 fully saturated rings. The molecule has 0 aromatic rings. The second-order valence-corrected chi connectivity index (χ2v) is 8.26. The number of carboxylic acids is 1. The molecule has 1 N–H and O–H groups in total. The topological polar surface area (TPSA) is 74.7 Å². The molecule has 2 heterocycles. The molecule has 0 bridgehead atoms. The molecular formula is C13H23NO4S. The minimum absolute atomic E-state index is 0.157. The summed E-state index contributed by atoms with van der Waals surface area (Å²) in [4.78, 5) is 13.1. The van der Waals surface area contributed by atoms with E-state index in [1.54, 1.807) is 0 Å². The lowest BCUT2D eigenvalue weighted by Gasteiger charge is -2.38. The largest absolute Gasteiger partial charge is 0.481 e. The Balaban J connectivity index is 1.92. The standard InChI is InChI=1S/C13H23NO4S/c1-10(7-13(15)16)11-3-2-5-14(8-11)12-4-6-19(17,18)9-12/h10-12H,2-9H2,1H3,(H,15,16). The van der Waals surface area contributed by atoms with Gasteiger partial charge in [0.1, 0.15) is 0 Å². The van der Waals surface area contributed by atoms with Crippen molar-refractivity contribution in [2.45, 2.75) is 38.6 Å². The quantitative estimate of drug-likeness (QED) is 0.835. The lowest BCUT2D eigenvalue weighted by molar-refractivity contribution is -0.138. The lowest BCUT2D eigenvalue weighted by Crippen LogP contribution is -2.44. The molecule has 0 radical (unpaired) electrons. The van der Waals surface area contributed by atoms with Crippen molar-refractivity contribution in [1.82, 2.24) is 4.90 Å². The summed E-state index contributed by atoms with van der Waals surface area (Å²) in [5, 5.41) is 8.87. The minimum Gasteiger partial charge on any atom is -0.481 e. The van der Waals surface area contributed by atoms with E-state index in [4.69, 9.17) is 5.11 Å². The number of carboxylic acid groups (broad SMARTS) is 1. The van der Waals surface area contributed by atoms with E-state index in [1.807, 2.05) is 6.92 Å². The van der Waals surface area contributed by atoms with Crippen LogP contribution in [0.1, 0.15) is 32.6 Å². The van der Waals surface area contributed by atoms with Crippen molar-refractivity contribution in [2.24, 2.45) is 11.8 Å². The number of aliphatic carboxylic acids is 1. The molecule has 2 saturated heterocycles. The highest BCUT2D eigenvalue weighted by Crippen LogP contribution is 2.29. The molecule has 0 amide bonds. The molecular weight excluding hydrogens is 266 g/mol. The van der Waals surface area contributed by atoms with Gasteiger partial charge >= 0.3 is 5.97 Å². The molecule has 0 spiro atoms. The molecule has 6 heteroatoms. The van der Waals surface area contributed by atoms with Gasteiger partial charge in [0.2, 0.25) is 0 Å². The molecule has 0 aliphatic carbocycles. The molecule has 0 saturated carbocycles. The number of sulfone groups is 1. The SMILES string of the molecule is CC(CC(=O)O)C1CCCN(C2CCS(=O)(=O)C2)C1. The number of carbonyl (C=O) groups is 1. The van der Waals surface area contributed by atoms with Crippen molar-refractivity contribution >= 4 is 15.8 Å². The Bertz CT molecular complexity index is 434. The van der Waals surface area contributed by atoms with Gasteiger partial charge in [-0.05, 0) is 37.6 Å². The predicted octanol–water partition coefficient (Wildman–Crippen LogP) is 0.996. The van der Waals surface area contributed by atoms with E-state index in [-0.39, 0.29) is 24.1 Å².